The van der Waals surface area contributed by atoms with Gasteiger partial charge in [-0.3, -0.25) is 19.3 Å². The number of carbonyl (C=O) groups excluding carboxylic acids is 2. The Kier molecular flexibility index (Phi) is 4.10. The summed E-state index contributed by atoms with van der Waals surface area (Å²) in [6.45, 7) is 2.79. The average molecular weight is 313 g/mol. The summed E-state index contributed by atoms with van der Waals surface area (Å²) >= 11 is 0. The molecular weight excluding hydrogens is 294 g/mol. The third-order valence-corrected chi connectivity index (χ3v) is 3.98. The van der Waals surface area contributed by atoms with Crippen LogP contribution in [0.5, 0.6) is 0 Å². The van der Waals surface area contributed by atoms with Gasteiger partial charge >= 0.3 is 0 Å². The van der Waals surface area contributed by atoms with Gasteiger partial charge in [0.15, 0.2) is 0 Å². The van der Waals surface area contributed by atoms with Crippen LogP contribution in [0.4, 0.5) is 5.69 Å². The SMILES string of the molecule is Cc1nn(C)cc1NC(=O)C1CC(=O)N(Cc2ccncc2)C1. The number of aromatic nitrogens is 3. The van der Waals surface area contributed by atoms with Crippen LogP contribution >= 0.6 is 0 Å². The molecule has 1 unspecified atom stereocenters. The molecule has 120 valence electrons. The van der Waals surface area contributed by atoms with E-state index in [1.165, 1.54) is 0 Å². The molecule has 1 N–H and O–H groups in total. The molecule has 3 heterocycles. The molecule has 1 atom stereocenters. The van der Waals surface area contributed by atoms with Gasteiger partial charge in [-0.15, -0.1) is 0 Å². The summed E-state index contributed by atoms with van der Waals surface area (Å²) in [5.41, 5.74) is 2.47. The van der Waals surface area contributed by atoms with Gasteiger partial charge in [-0.25, -0.2) is 0 Å². The van der Waals surface area contributed by atoms with Crippen LogP contribution in [0, 0.1) is 12.8 Å². The Morgan fingerprint density at radius 1 is 1.39 bits per heavy atom. The van der Waals surface area contributed by atoms with Crippen LogP contribution in [0.2, 0.25) is 0 Å². The Balaban J connectivity index is 1.62. The second kappa shape index (κ2) is 6.20. The molecule has 0 aromatic carbocycles. The van der Waals surface area contributed by atoms with Crippen molar-refractivity contribution < 1.29 is 9.59 Å². The molecule has 3 rings (SSSR count). The van der Waals surface area contributed by atoms with Crippen molar-refractivity contribution in [2.45, 2.75) is 19.9 Å². The largest absolute Gasteiger partial charge is 0.338 e. The fourth-order valence-corrected chi connectivity index (χ4v) is 2.77. The van der Waals surface area contributed by atoms with E-state index in [9.17, 15) is 9.59 Å². The molecule has 0 saturated carbocycles. The van der Waals surface area contributed by atoms with Crippen molar-refractivity contribution in [2.75, 3.05) is 11.9 Å². The van der Waals surface area contributed by atoms with Crippen molar-refractivity contribution in [3.8, 4) is 0 Å². The highest BCUT2D eigenvalue weighted by molar-refractivity contribution is 5.97. The molecular formula is C16H19N5O2. The number of anilines is 1. The number of hydrogen-bond donors (Lipinski definition) is 1. The lowest BCUT2D eigenvalue weighted by Crippen LogP contribution is -2.28. The van der Waals surface area contributed by atoms with Gasteiger partial charge in [-0.2, -0.15) is 5.10 Å². The maximum atomic E-state index is 12.4. The van der Waals surface area contributed by atoms with Gasteiger partial charge < -0.3 is 10.2 Å². The van der Waals surface area contributed by atoms with Gasteiger partial charge in [0.05, 0.1) is 17.3 Å². The van der Waals surface area contributed by atoms with Crippen LogP contribution in [0.25, 0.3) is 0 Å². The number of amides is 2. The zero-order chi connectivity index (χ0) is 16.4. The number of aryl methyl sites for hydroxylation is 2. The van der Waals surface area contributed by atoms with Crippen LogP contribution in [0.15, 0.2) is 30.7 Å². The predicted octanol–water partition coefficient (Wildman–Crippen LogP) is 1.11. The highest BCUT2D eigenvalue weighted by atomic mass is 16.2. The molecule has 1 aliphatic heterocycles. The van der Waals surface area contributed by atoms with Gasteiger partial charge in [0.1, 0.15) is 0 Å². The second-order valence-electron chi connectivity index (χ2n) is 5.82. The zero-order valence-electron chi connectivity index (χ0n) is 13.2. The fraction of sp³-hybridized carbons (Fsp3) is 0.375. The summed E-state index contributed by atoms with van der Waals surface area (Å²) in [4.78, 5) is 30.2. The molecule has 2 amide bonds. The average Bonchev–Trinajstić information content (AvgIpc) is 3.03. The lowest BCUT2D eigenvalue weighted by atomic mass is 10.1. The van der Waals surface area contributed by atoms with Crippen LogP contribution < -0.4 is 5.32 Å². The Hall–Kier alpha value is -2.70. The summed E-state index contributed by atoms with van der Waals surface area (Å²) in [5, 5.41) is 7.06. The van der Waals surface area contributed by atoms with E-state index < -0.39 is 0 Å². The Morgan fingerprint density at radius 2 is 2.13 bits per heavy atom. The van der Waals surface area contributed by atoms with E-state index in [0.717, 1.165) is 11.3 Å². The maximum absolute atomic E-state index is 12.4. The quantitative estimate of drug-likeness (QED) is 0.917. The molecule has 1 saturated heterocycles. The number of hydrogen-bond acceptors (Lipinski definition) is 4. The van der Waals surface area contributed by atoms with E-state index in [-0.39, 0.29) is 24.2 Å². The smallest absolute Gasteiger partial charge is 0.229 e. The van der Waals surface area contributed by atoms with Gasteiger partial charge in [0.2, 0.25) is 11.8 Å². The summed E-state index contributed by atoms with van der Waals surface area (Å²) in [6, 6.07) is 3.75. The molecule has 0 aliphatic carbocycles. The fourth-order valence-electron chi connectivity index (χ4n) is 2.77. The first kappa shape index (κ1) is 15.2. The minimum absolute atomic E-state index is 0.00451. The highest BCUT2D eigenvalue weighted by Crippen LogP contribution is 2.22. The molecule has 2 aromatic rings. The molecule has 0 radical (unpaired) electrons. The van der Waals surface area contributed by atoms with Crippen molar-refractivity contribution >= 4 is 17.5 Å². The number of nitrogens with zero attached hydrogens (tertiary/aromatic N) is 4. The summed E-state index contributed by atoms with van der Waals surface area (Å²) in [5.74, 6) is -0.458. The Labute approximate surface area is 134 Å². The minimum atomic E-state index is -0.330. The number of nitrogens with one attached hydrogen (secondary N) is 1. The molecule has 0 spiro atoms. The van der Waals surface area contributed by atoms with Crippen molar-refractivity contribution in [1.29, 1.82) is 0 Å². The van der Waals surface area contributed by atoms with E-state index in [4.69, 9.17) is 0 Å². The molecule has 2 aromatic heterocycles. The highest BCUT2D eigenvalue weighted by Gasteiger charge is 2.34. The first-order chi connectivity index (χ1) is 11.0. The van der Waals surface area contributed by atoms with Crippen molar-refractivity contribution in [1.82, 2.24) is 19.7 Å². The predicted molar refractivity (Wildman–Crippen MR) is 84.3 cm³/mol. The van der Waals surface area contributed by atoms with E-state index in [2.05, 4.69) is 15.4 Å². The molecule has 1 fully saturated rings. The van der Waals surface area contributed by atoms with Gasteiger partial charge in [-0.1, -0.05) is 0 Å². The maximum Gasteiger partial charge on any atom is 0.229 e. The zero-order valence-corrected chi connectivity index (χ0v) is 13.2. The summed E-state index contributed by atoms with van der Waals surface area (Å²) in [6.07, 6.45) is 5.41. The van der Waals surface area contributed by atoms with Crippen molar-refractivity contribution in [3.63, 3.8) is 0 Å². The first-order valence-electron chi connectivity index (χ1n) is 7.50. The Morgan fingerprint density at radius 3 is 2.78 bits per heavy atom. The van der Waals surface area contributed by atoms with E-state index >= 15 is 0 Å². The molecule has 7 heteroatoms. The molecule has 7 nitrogen and oxygen atoms in total. The van der Waals surface area contributed by atoms with Gasteiger partial charge in [0, 0.05) is 45.1 Å². The van der Waals surface area contributed by atoms with Crippen molar-refractivity contribution in [2.24, 2.45) is 13.0 Å². The molecule has 23 heavy (non-hydrogen) atoms. The molecule has 1 aliphatic rings. The van der Waals surface area contributed by atoms with Crippen LogP contribution in [0.3, 0.4) is 0 Å². The third-order valence-electron chi connectivity index (χ3n) is 3.98. The topological polar surface area (TPSA) is 80.1 Å². The summed E-state index contributed by atoms with van der Waals surface area (Å²) < 4.78 is 1.65. The van der Waals surface area contributed by atoms with E-state index in [1.54, 1.807) is 35.2 Å². The standard InChI is InChI=1S/C16H19N5O2/c1-11-14(10-20(2)19-11)18-16(23)13-7-15(22)21(9-13)8-12-3-5-17-6-4-12/h3-6,10,13H,7-9H2,1-2H3,(H,18,23). The third kappa shape index (κ3) is 3.39. The number of likely N-dealkylation sites (tertiary alicyclic amines) is 1. The Bertz CT molecular complexity index is 725. The van der Waals surface area contributed by atoms with Gasteiger partial charge in [-0.05, 0) is 24.6 Å². The van der Waals surface area contributed by atoms with Crippen molar-refractivity contribution in [3.05, 3.63) is 42.0 Å². The van der Waals surface area contributed by atoms with Crippen LogP contribution in [-0.4, -0.2) is 38.0 Å². The number of rotatable bonds is 4. The van der Waals surface area contributed by atoms with E-state index in [1.807, 2.05) is 19.1 Å². The first-order valence-corrected chi connectivity index (χ1v) is 7.50. The lowest BCUT2D eigenvalue weighted by molar-refractivity contribution is -0.128. The molecule has 0 bridgehead atoms. The minimum Gasteiger partial charge on any atom is -0.338 e. The number of pyridine rings is 1. The van der Waals surface area contributed by atoms with Crippen LogP contribution in [-0.2, 0) is 23.2 Å². The van der Waals surface area contributed by atoms with E-state index in [0.29, 0.717) is 18.8 Å². The van der Waals surface area contributed by atoms with Crippen LogP contribution in [0.1, 0.15) is 17.7 Å². The van der Waals surface area contributed by atoms with Gasteiger partial charge in [0.25, 0.3) is 0 Å². The second-order valence-corrected chi connectivity index (χ2v) is 5.82. The summed E-state index contributed by atoms with van der Waals surface area (Å²) in [7, 11) is 1.80. The normalized spacial score (nSPS) is 17.6. The monoisotopic (exact) mass is 313 g/mol. The number of carbonyl (C=O) groups is 2. The lowest BCUT2D eigenvalue weighted by Gasteiger charge is -2.16.